The standard InChI is InChI=1S/C30H39BrN2O5S/c1-18-13-11-12-16-21(18)37-22(20-14-9-8-10-15-20)17-32-26-23(19(2)24(31)39-26)25(34)33(28(32)36)30(6,7)27(35)38-29(3,4)5/h8-10,14-15,18,21-22H,11-13,16-17H2,1-7H3/t18-,21-,22?/m0/s1. The fourth-order valence-electron chi connectivity index (χ4n) is 5.22. The molecule has 1 fully saturated rings. The van der Waals surface area contributed by atoms with E-state index >= 15 is 0 Å². The third-order valence-corrected chi connectivity index (χ3v) is 9.69. The minimum atomic E-state index is -1.53. The zero-order valence-corrected chi connectivity index (χ0v) is 26.3. The molecule has 7 nitrogen and oxygen atoms in total. The Labute approximate surface area is 242 Å². The number of hydrogen-bond acceptors (Lipinski definition) is 6. The molecule has 0 N–H and O–H groups in total. The number of nitrogens with zero attached hydrogens (tertiary/aromatic N) is 2. The number of aromatic nitrogens is 2. The molecule has 0 spiro atoms. The number of carbonyl (C=O) groups is 1. The van der Waals surface area contributed by atoms with Gasteiger partial charge in [0.15, 0.2) is 0 Å². The second-order valence-corrected chi connectivity index (χ2v) is 14.4. The molecule has 0 radical (unpaired) electrons. The quantitative estimate of drug-likeness (QED) is 0.275. The molecule has 3 aromatic rings. The minimum absolute atomic E-state index is 0.0797. The summed E-state index contributed by atoms with van der Waals surface area (Å²) in [5, 5.41) is 0.418. The van der Waals surface area contributed by atoms with E-state index in [4.69, 9.17) is 9.47 Å². The molecule has 9 heteroatoms. The molecule has 0 aliphatic heterocycles. The number of aryl methyl sites for hydroxylation is 1. The van der Waals surface area contributed by atoms with Crippen LogP contribution in [0.15, 0.2) is 43.7 Å². The van der Waals surface area contributed by atoms with Crippen LogP contribution < -0.4 is 11.2 Å². The normalized spacial score (nSPS) is 19.3. The fraction of sp³-hybridized carbons (Fsp3) is 0.567. The van der Waals surface area contributed by atoms with Gasteiger partial charge in [0, 0.05) is 0 Å². The molecule has 4 rings (SSSR count). The van der Waals surface area contributed by atoms with Gasteiger partial charge in [0.25, 0.3) is 5.56 Å². The Hall–Kier alpha value is -2.23. The topological polar surface area (TPSA) is 79.5 Å². The molecule has 0 bridgehead atoms. The number of rotatable bonds is 7. The van der Waals surface area contributed by atoms with Crippen LogP contribution in [0.25, 0.3) is 10.2 Å². The first-order valence-corrected chi connectivity index (χ1v) is 15.2. The molecular weight excluding hydrogens is 580 g/mol. The molecule has 0 saturated heterocycles. The lowest BCUT2D eigenvalue weighted by molar-refractivity contribution is -0.164. The Morgan fingerprint density at radius 3 is 2.36 bits per heavy atom. The highest BCUT2D eigenvalue weighted by Gasteiger charge is 2.39. The molecule has 39 heavy (non-hydrogen) atoms. The lowest BCUT2D eigenvalue weighted by Gasteiger charge is -2.33. The van der Waals surface area contributed by atoms with Crippen molar-refractivity contribution in [2.24, 2.45) is 5.92 Å². The van der Waals surface area contributed by atoms with Gasteiger partial charge in [-0.05, 0) is 87.4 Å². The zero-order chi connectivity index (χ0) is 28.7. The van der Waals surface area contributed by atoms with Crippen molar-refractivity contribution >= 4 is 43.5 Å². The maximum absolute atomic E-state index is 14.2. The highest BCUT2D eigenvalue weighted by atomic mass is 79.9. The molecule has 2 aromatic heterocycles. The van der Waals surface area contributed by atoms with Gasteiger partial charge < -0.3 is 9.47 Å². The number of ether oxygens (including phenoxy) is 2. The van der Waals surface area contributed by atoms with E-state index in [0.717, 1.165) is 38.7 Å². The number of fused-ring (bicyclic) bond motifs is 1. The van der Waals surface area contributed by atoms with Crippen molar-refractivity contribution in [2.45, 2.75) is 104 Å². The van der Waals surface area contributed by atoms with Crippen molar-refractivity contribution in [3.05, 3.63) is 66.1 Å². The summed E-state index contributed by atoms with van der Waals surface area (Å²) >= 11 is 4.93. The summed E-state index contributed by atoms with van der Waals surface area (Å²) in [6.45, 7) is 12.7. The van der Waals surface area contributed by atoms with Crippen LogP contribution in [0, 0.1) is 12.8 Å². The third kappa shape index (κ3) is 6.10. The first-order valence-electron chi connectivity index (χ1n) is 13.6. The molecule has 212 valence electrons. The van der Waals surface area contributed by atoms with Crippen LogP contribution in [-0.4, -0.2) is 26.8 Å². The largest absolute Gasteiger partial charge is 0.458 e. The number of esters is 1. The van der Waals surface area contributed by atoms with Gasteiger partial charge in [-0.25, -0.2) is 14.2 Å². The van der Waals surface area contributed by atoms with Crippen LogP contribution in [0.5, 0.6) is 0 Å². The van der Waals surface area contributed by atoms with Crippen LogP contribution in [0.1, 0.15) is 84.5 Å². The highest BCUT2D eigenvalue weighted by Crippen LogP contribution is 2.35. The minimum Gasteiger partial charge on any atom is -0.458 e. The number of hydrogen-bond donors (Lipinski definition) is 0. The van der Waals surface area contributed by atoms with Crippen molar-refractivity contribution in [2.75, 3.05) is 0 Å². The average Bonchev–Trinajstić information content (AvgIpc) is 3.15. The molecule has 3 atom stereocenters. The molecule has 1 aliphatic rings. The first-order chi connectivity index (χ1) is 18.2. The smallest absolute Gasteiger partial charge is 0.333 e. The highest BCUT2D eigenvalue weighted by molar-refractivity contribution is 9.11. The summed E-state index contributed by atoms with van der Waals surface area (Å²) in [6, 6.07) is 9.91. The number of halogens is 1. The summed E-state index contributed by atoms with van der Waals surface area (Å²) in [6.07, 6.45) is 4.08. The second-order valence-electron chi connectivity index (χ2n) is 12.1. The number of carbonyl (C=O) groups excluding carboxylic acids is 1. The van der Waals surface area contributed by atoms with Crippen LogP contribution in [0.3, 0.4) is 0 Å². The average molecular weight is 620 g/mol. The zero-order valence-electron chi connectivity index (χ0n) is 23.9. The predicted octanol–water partition coefficient (Wildman–Crippen LogP) is 6.71. The van der Waals surface area contributed by atoms with Gasteiger partial charge in [-0.2, -0.15) is 0 Å². The summed E-state index contributed by atoms with van der Waals surface area (Å²) in [7, 11) is 0. The fourth-order valence-corrected chi connectivity index (χ4v) is 6.91. The molecule has 1 unspecified atom stereocenters. The van der Waals surface area contributed by atoms with E-state index in [0.29, 0.717) is 16.1 Å². The van der Waals surface area contributed by atoms with Crippen LogP contribution in [-0.2, 0) is 26.4 Å². The van der Waals surface area contributed by atoms with Gasteiger partial charge >= 0.3 is 11.7 Å². The monoisotopic (exact) mass is 618 g/mol. The van der Waals surface area contributed by atoms with Crippen LogP contribution in [0.4, 0.5) is 0 Å². The summed E-state index contributed by atoms with van der Waals surface area (Å²) in [5.74, 6) is -0.223. The van der Waals surface area contributed by atoms with E-state index in [-0.39, 0.29) is 12.6 Å². The van der Waals surface area contributed by atoms with Gasteiger partial charge in [-0.3, -0.25) is 9.36 Å². The Morgan fingerprint density at radius 2 is 1.74 bits per heavy atom. The van der Waals surface area contributed by atoms with Crippen LogP contribution >= 0.6 is 27.3 Å². The lowest BCUT2D eigenvalue weighted by atomic mass is 9.87. The molecule has 1 aromatic carbocycles. The number of benzene rings is 1. The van der Waals surface area contributed by atoms with E-state index in [1.807, 2.05) is 37.3 Å². The third-order valence-electron chi connectivity index (χ3n) is 7.50. The van der Waals surface area contributed by atoms with Crippen LogP contribution in [0.2, 0.25) is 0 Å². The van der Waals surface area contributed by atoms with Gasteiger partial charge in [-0.15, -0.1) is 11.3 Å². The van der Waals surface area contributed by atoms with E-state index < -0.39 is 34.5 Å². The van der Waals surface area contributed by atoms with E-state index in [1.54, 1.807) is 39.2 Å². The van der Waals surface area contributed by atoms with Crippen molar-refractivity contribution in [1.82, 2.24) is 9.13 Å². The van der Waals surface area contributed by atoms with Gasteiger partial charge in [0.05, 0.1) is 21.8 Å². The number of thiophene rings is 1. The van der Waals surface area contributed by atoms with Gasteiger partial charge in [-0.1, -0.05) is 50.1 Å². The van der Waals surface area contributed by atoms with E-state index in [9.17, 15) is 14.4 Å². The Balaban J connectivity index is 1.90. The summed E-state index contributed by atoms with van der Waals surface area (Å²) < 4.78 is 15.8. The lowest BCUT2D eigenvalue weighted by Crippen LogP contribution is -2.54. The molecule has 1 saturated carbocycles. The van der Waals surface area contributed by atoms with E-state index in [2.05, 4.69) is 22.9 Å². The SMILES string of the molecule is Cc1c(Br)sc2c1c(=O)n(C(C)(C)C(=O)OC(C)(C)C)c(=O)n2CC(O[C@H]1CCCC[C@@H]1C)c1ccccc1. The van der Waals surface area contributed by atoms with Crippen molar-refractivity contribution in [3.63, 3.8) is 0 Å². The van der Waals surface area contributed by atoms with E-state index in [1.165, 1.54) is 17.8 Å². The Kier molecular flexibility index (Phi) is 8.64. The maximum atomic E-state index is 14.2. The van der Waals surface area contributed by atoms with Crippen molar-refractivity contribution < 1.29 is 14.3 Å². The van der Waals surface area contributed by atoms with Gasteiger partial charge in [0.2, 0.25) is 0 Å². The summed E-state index contributed by atoms with van der Waals surface area (Å²) in [5.41, 5.74) is -1.66. The Morgan fingerprint density at radius 1 is 1.10 bits per heavy atom. The maximum Gasteiger partial charge on any atom is 0.333 e. The summed E-state index contributed by atoms with van der Waals surface area (Å²) in [4.78, 5) is 41.9. The van der Waals surface area contributed by atoms with Gasteiger partial charge in [0.1, 0.15) is 22.1 Å². The molecule has 0 amide bonds. The Bertz CT molecular complexity index is 1460. The molecular formula is C30H39BrN2O5S. The van der Waals surface area contributed by atoms with Crippen molar-refractivity contribution in [3.8, 4) is 0 Å². The first kappa shape index (κ1) is 29.7. The van der Waals surface area contributed by atoms with Crippen molar-refractivity contribution in [1.29, 1.82) is 0 Å². The molecule has 1 aliphatic carbocycles. The second kappa shape index (κ2) is 11.3. The molecule has 2 heterocycles. The predicted molar refractivity (Wildman–Crippen MR) is 160 cm³/mol.